The molecule has 0 spiro atoms. The maximum Gasteiger partial charge on any atom is 0.230 e. The highest BCUT2D eigenvalue weighted by Crippen LogP contribution is 2.25. The van der Waals surface area contributed by atoms with Gasteiger partial charge in [-0.2, -0.15) is 0 Å². The summed E-state index contributed by atoms with van der Waals surface area (Å²) in [5.74, 6) is 0.633. The molecule has 2 heterocycles. The van der Waals surface area contributed by atoms with E-state index in [0.29, 0.717) is 10.9 Å². The van der Waals surface area contributed by atoms with E-state index in [1.807, 2.05) is 6.07 Å². The van der Waals surface area contributed by atoms with E-state index in [-0.39, 0.29) is 6.79 Å². The minimum absolute atomic E-state index is 0.251. The molecule has 1 aromatic heterocycles. The Labute approximate surface area is 74.6 Å². The summed E-state index contributed by atoms with van der Waals surface area (Å²) < 4.78 is 10.0. The van der Waals surface area contributed by atoms with E-state index in [4.69, 9.17) is 21.1 Å². The Morgan fingerprint density at radius 3 is 3.08 bits per heavy atom. The Morgan fingerprint density at radius 1 is 1.50 bits per heavy atom. The molecule has 0 aromatic carbocycles. The summed E-state index contributed by atoms with van der Waals surface area (Å²) in [7, 11) is 0. The number of pyridine rings is 1. The number of nitrogens with zero attached hydrogens (tertiary/aromatic N) is 1. The number of halogens is 1. The third kappa shape index (κ3) is 1.23. The molecule has 1 aliphatic rings. The van der Waals surface area contributed by atoms with Crippen LogP contribution in [-0.2, 0) is 9.47 Å². The molecule has 3 nitrogen and oxygen atoms in total. The molecule has 2 rings (SSSR count). The van der Waals surface area contributed by atoms with Crippen LogP contribution in [0.2, 0.25) is 5.15 Å². The maximum atomic E-state index is 5.82. The van der Waals surface area contributed by atoms with Gasteiger partial charge in [-0.3, -0.25) is 0 Å². The van der Waals surface area contributed by atoms with Crippen LogP contribution >= 0.6 is 11.6 Å². The third-order valence-corrected chi connectivity index (χ3v) is 1.80. The summed E-state index contributed by atoms with van der Waals surface area (Å²) in [5, 5.41) is 0.425. The first-order chi connectivity index (χ1) is 5.88. The molecule has 0 saturated heterocycles. The van der Waals surface area contributed by atoms with Crippen LogP contribution in [0, 0.1) is 0 Å². The fourth-order valence-corrected chi connectivity index (χ4v) is 1.16. The molecule has 0 amide bonds. The molecule has 1 aromatic rings. The largest absolute Gasteiger partial charge is 0.461 e. The molecule has 1 aliphatic heterocycles. The summed E-state index contributed by atoms with van der Waals surface area (Å²) in [5.41, 5.74) is 0.761. The average Bonchev–Trinajstić information content (AvgIpc) is 2.57. The molecular weight excluding hydrogens is 178 g/mol. The van der Waals surface area contributed by atoms with Crippen molar-refractivity contribution in [3.8, 4) is 0 Å². The monoisotopic (exact) mass is 183 g/mol. The van der Waals surface area contributed by atoms with Crippen LogP contribution < -0.4 is 0 Å². The SMILES string of the molecule is Clc1ncccc1C1=COCO1. The van der Waals surface area contributed by atoms with Crippen LogP contribution in [0.15, 0.2) is 24.6 Å². The van der Waals surface area contributed by atoms with Gasteiger partial charge in [0.1, 0.15) is 11.4 Å². The minimum atomic E-state index is 0.251. The summed E-state index contributed by atoms with van der Waals surface area (Å²) >= 11 is 5.82. The number of rotatable bonds is 1. The molecule has 12 heavy (non-hydrogen) atoms. The van der Waals surface area contributed by atoms with Gasteiger partial charge in [0.15, 0.2) is 5.76 Å². The molecule has 0 bridgehead atoms. The predicted octanol–water partition coefficient (Wildman–Crippen LogP) is 2.04. The second-order valence-electron chi connectivity index (χ2n) is 2.25. The average molecular weight is 184 g/mol. The van der Waals surface area contributed by atoms with Gasteiger partial charge in [0.25, 0.3) is 0 Å². The van der Waals surface area contributed by atoms with Crippen LogP contribution in [0.4, 0.5) is 0 Å². The lowest BCUT2D eigenvalue weighted by molar-refractivity contribution is 0.100. The molecule has 0 atom stereocenters. The smallest absolute Gasteiger partial charge is 0.230 e. The van der Waals surface area contributed by atoms with Crippen molar-refractivity contribution in [1.29, 1.82) is 0 Å². The van der Waals surface area contributed by atoms with Gasteiger partial charge >= 0.3 is 0 Å². The summed E-state index contributed by atoms with van der Waals surface area (Å²) in [6, 6.07) is 3.62. The zero-order valence-corrected chi connectivity index (χ0v) is 6.91. The predicted molar refractivity (Wildman–Crippen MR) is 44.3 cm³/mol. The lowest BCUT2D eigenvalue weighted by Gasteiger charge is -2.01. The highest BCUT2D eigenvalue weighted by atomic mass is 35.5. The first-order valence-corrected chi connectivity index (χ1v) is 3.81. The Balaban J connectivity index is 2.39. The molecule has 4 heteroatoms. The first-order valence-electron chi connectivity index (χ1n) is 3.43. The van der Waals surface area contributed by atoms with Gasteiger partial charge < -0.3 is 9.47 Å². The molecular formula is C8H6ClNO2. The van der Waals surface area contributed by atoms with Gasteiger partial charge in [-0.25, -0.2) is 4.98 Å². The molecule has 0 aliphatic carbocycles. The topological polar surface area (TPSA) is 31.4 Å². The van der Waals surface area contributed by atoms with Crippen LogP contribution in [0.25, 0.3) is 5.76 Å². The van der Waals surface area contributed by atoms with E-state index in [2.05, 4.69) is 4.98 Å². The molecule has 62 valence electrons. The van der Waals surface area contributed by atoms with Crippen molar-refractivity contribution in [3.63, 3.8) is 0 Å². The Kier molecular flexibility index (Phi) is 1.87. The molecule has 0 N–H and O–H groups in total. The normalized spacial score (nSPS) is 14.9. The zero-order chi connectivity index (χ0) is 8.39. The van der Waals surface area contributed by atoms with E-state index in [0.717, 1.165) is 5.56 Å². The molecule has 0 saturated carbocycles. The highest BCUT2D eigenvalue weighted by molar-refractivity contribution is 6.31. The molecule has 0 radical (unpaired) electrons. The van der Waals surface area contributed by atoms with E-state index >= 15 is 0 Å². The Morgan fingerprint density at radius 2 is 2.42 bits per heavy atom. The number of hydrogen-bond donors (Lipinski definition) is 0. The van der Waals surface area contributed by atoms with Crippen molar-refractivity contribution >= 4 is 17.4 Å². The van der Waals surface area contributed by atoms with Crippen molar-refractivity contribution in [3.05, 3.63) is 35.3 Å². The minimum Gasteiger partial charge on any atom is -0.461 e. The van der Waals surface area contributed by atoms with Crippen LogP contribution in [-0.4, -0.2) is 11.8 Å². The van der Waals surface area contributed by atoms with Crippen LogP contribution in [0.1, 0.15) is 5.56 Å². The van der Waals surface area contributed by atoms with Crippen molar-refractivity contribution in [1.82, 2.24) is 4.98 Å². The second kappa shape index (κ2) is 3.03. The zero-order valence-electron chi connectivity index (χ0n) is 6.16. The Hall–Kier alpha value is -1.22. The lowest BCUT2D eigenvalue weighted by atomic mass is 10.2. The number of ether oxygens (including phenoxy) is 2. The summed E-state index contributed by atoms with van der Waals surface area (Å²) in [4.78, 5) is 3.91. The molecule has 0 fully saturated rings. The van der Waals surface area contributed by atoms with E-state index in [1.54, 1.807) is 12.3 Å². The van der Waals surface area contributed by atoms with E-state index < -0.39 is 0 Å². The Bertz CT molecular complexity index is 325. The fraction of sp³-hybridized carbons (Fsp3) is 0.125. The number of hydrogen-bond acceptors (Lipinski definition) is 3. The highest BCUT2D eigenvalue weighted by Gasteiger charge is 2.12. The fourth-order valence-electron chi connectivity index (χ4n) is 0.952. The van der Waals surface area contributed by atoms with Crippen LogP contribution in [0.5, 0.6) is 0 Å². The van der Waals surface area contributed by atoms with Gasteiger partial charge in [0.05, 0.1) is 5.56 Å². The van der Waals surface area contributed by atoms with Crippen molar-refractivity contribution in [2.24, 2.45) is 0 Å². The van der Waals surface area contributed by atoms with E-state index in [9.17, 15) is 0 Å². The van der Waals surface area contributed by atoms with Crippen molar-refractivity contribution in [2.75, 3.05) is 6.79 Å². The first kappa shape index (κ1) is 7.43. The third-order valence-electron chi connectivity index (χ3n) is 1.50. The van der Waals surface area contributed by atoms with E-state index in [1.165, 1.54) is 6.26 Å². The summed E-state index contributed by atoms with van der Waals surface area (Å²) in [6.45, 7) is 0.251. The summed E-state index contributed by atoms with van der Waals surface area (Å²) in [6.07, 6.45) is 3.16. The van der Waals surface area contributed by atoms with Gasteiger partial charge in [-0.05, 0) is 12.1 Å². The van der Waals surface area contributed by atoms with Gasteiger partial charge in [0, 0.05) is 6.20 Å². The van der Waals surface area contributed by atoms with Gasteiger partial charge in [-0.15, -0.1) is 0 Å². The van der Waals surface area contributed by atoms with Crippen LogP contribution in [0.3, 0.4) is 0 Å². The molecule has 0 unspecified atom stereocenters. The quantitative estimate of drug-likeness (QED) is 0.625. The standard InChI is InChI=1S/C8H6ClNO2/c9-8-6(2-1-3-10-8)7-4-11-5-12-7/h1-4H,5H2. The van der Waals surface area contributed by atoms with Gasteiger partial charge in [-0.1, -0.05) is 11.6 Å². The number of aromatic nitrogens is 1. The second-order valence-corrected chi connectivity index (χ2v) is 2.61. The lowest BCUT2D eigenvalue weighted by Crippen LogP contribution is -1.88. The van der Waals surface area contributed by atoms with Crippen molar-refractivity contribution < 1.29 is 9.47 Å². The van der Waals surface area contributed by atoms with Crippen molar-refractivity contribution in [2.45, 2.75) is 0 Å². The van der Waals surface area contributed by atoms with Gasteiger partial charge in [0.2, 0.25) is 6.79 Å². The maximum absolute atomic E-state index is 5.82.